The highest BCUT2D eigenvalue weighted by Gasteiger charge is 2.24. The fourth-order valence-electron chi connectivity index (χ4n) is 1.25. The highest BCUT2D eigenvalue weighted by atomic mass is 32.2. The Hall–Kier alpha value is -0.350. The molecule has 0 radical (unpaired) electrons. The minimum atomic E-state index is 0.0673. The molecule has 13 heavy (non-hydrogen) atoms. The van der Waals surface area contributed by atoms with Crippen molar-refractivity contribution in [2.45, 2.75) is 36.7 Å². The monoisotopic (exact) mass is 204 g/mol. The molecule has 1 N–H and O–H groups in total. The molecule has 76 valence electrons. The van der Waals surface area contributed by atoms with Crippen LogP contribution in [0.4, 0.5) is 0 Å². The molecule has 1 saturated heterocycles. The first-order valence-corrected chi connectivity index (χ1v) is 5.24. The normalized spacial score (nSPS) is 27.0. The first-order valence-electron chi connectivity index (χ1n) is 4.30. The van der Waals surface area contributed by atoms with E-state index < -0.39 is 0 Å². The Bertz CT molecular complexity index is 170. The van der Waals surface area contributed by atoms with Crippen molar-refractivity contribution in [2.24, 2.45) is 0 Å². The van der Waals surface area contributed by atoms with Crippen molar-refractivity contribution in [3.05, 3.63) is 0 Å². The highest BCUT2D eigenvalue weighted by molar-refractivity contribution is 8.01. The van der Waals surface area contributed by atoms with Gasteiger partial charge in [0.15, 0.2) is 0 Å². The van der Waals surface area contributed by atoms with Crippen LogP contribution in [-0.2, 0) is 9.59 Å². The van der Waals surface area contributed by atoms with Gasteiger partial charge in [-0.05, 0) is 19.8 Å². The third kappa shape index (κ3) is 4.43. The van der Waals surface area contributed by atoms with Crippen LogP contribution in [0.1, 0.15) is 26.2 Å². The van der Waals surface area contributed by atoms with Crippen molar-refractivity contribution >= 4 is 23.8 Å². The molecule has 1 fully saturated rings. The number of hydrogen-bond donors (Lipinski definition) is 1. The maximum Gasteiger partial charge on any atom is 0.142 e. The predicted molar refractivity (Wildman–Crippen MR) is 53.9 cm³/mol. The molecule has 4 heteroatoms. The van der Waals surface area contributed by atoms with Crippen LogP contribution in [0.25, 0.3) is 0 Å². The summed E-state index contributed by atoms with van der Waals surface area (Å²) in [4.78, 5) is 21.3. The number of ketones is 1. The van der Waals surface area contributed by atoms with Crippen molar-refractivity contribution in [3.63, 3.8) is 0 Å². The van der Waals surface area contributed by atoms with Crippen LogP contribution in [0.15, 0.2) is 0 Å². The second-order valence-corrected chi connectivity index (χ2v) is 4.29. The van der Waals surface area contributed by atoms with Gasteiger partial charge in [0, 0.05) is 7.11 Å². The van der Waals surface area contributed by atoms with E-state index in [1.807, 2.05) is 0 Å². The summed E-state index contributed by atoms with van der Waals surface area (Å²) < 4.78 is 0. The summed E-state index contributed by atoms with van der Waals surface area (Å²) in [5, 5.41) is 7.15. The van der Waals surface area contributed by atoms with Gasteiger partial charge < -0.3 is 9.90 Å². The molecular weight excluding hydrogens is 188 g/mol. The lowest BCUT2D eigenvalue weighted by atomic mass is 10.1. The number of aldehydes is 1. The lowest BCUT2D eigenvalue weighted by Gasteiger charge is -2.22. The zero-order chi connectivity index (χ0) is 10.3. The second-order valence-electron chi connectivity index (χ2n) is 2.84. The number of hydrogen-bond acceptors (Lipinski definition) is 4. The van der Waals surface area contributed by atoms with Gasteiger partial charge in [-0.1, -0.05) is 6.42 Å². The maximum absolute atomic E-state index is 10.9. The Morgan fingerprint density at radius 1 is 1.46 bits per heavy atom. The van der Waals surface area contributed by atoms with Gasteiger partial charge in [0.25, 0.3) is 0 Å². The fraction of sp³-hybridized carbons (Fsp3) is 0.778. The highest BCUT2D eigenvalue weighted by Crippen LogP contribution is 2.30. The van der Waals surface area contributed by atoms with Crippen molar-refractivity contribution in [1.29, 1.82) is 0 Å². The van der Waals surface area contributed by atoms with E-state index in [1.165, 1.54) is 11.8 Å². The SMILES string of the molecule is CC(=O)C1CCCC(C=O)S1.CO. The summed E-state index contributed by atoms with van der Waals surface area (Å²) in [6.07, 6.45) is 3.86. The van der Waals surface area contributed by atoms with Crippen LogP contribution in [0.5, 0.6) is 0 Å². The quantitative estimate of drug-likeness (QED) is 0.683. The van der Waals surface area contributed by atoms with Crippen LogP contribution in [0.2, 0.25) is 0 Å². The summed E-state index contributed by atoms with van der Waals surface area (Å²) in [6.45, 7) is 1.60. The zero-order valence-electron chi connectivity index (χ0n) is 8.03. The van der Waals surface area contributed by atoms with Gasteiger partial charge in [0.2, 0.25) is 0 Å². The van der Waals surface area contributed by atoms with E-state index in [2.05, 4.69) is 0 Å². The van der Waals surface area contributed by atoms with Crippen molar-refractivity contribution in [2.75, 3.05) is 7.11 Å². The Morgan fingerprint density at radius 2 is 2.08 bits per heavy atom. The van der Waals surface area contributed by atoms with Gasteiger partial charge in [0.05, 0.1) is 10.5 Å². The molecule has 1 aliphatic rings. The minimum absolute atomic E-state index is 0.0673. The standard InChI is InChI=1S/C8H12O2S.CH4O/c1-6(10)8-4-2-3-7(5-9)11-8;1-2/h5,7-8H,2-4H2,1H3;2H,1H3. The lowest BCUT2D eigenvalue weighted by molar-refractivity contribution is -0.116. The Kier molecular flexibility index (Phi) is 6.90. The molecule has 1 rings (SSSR count). The molecule has 2 unspecified atom stereocenters. The minimum Gasteiger partial charge on any atom is -0.400 e. The van der Waals surface area contributed by atoms with Gasteiger partial charge >= 0.3 is 0 Å². The van der Waals surface area contributed by atoms with Gasteiger partial charge in [-0.15, -0.1) is 11.8 Å². The molecule has 0 spiro atoms. The molecule has 3 nitrogen and oxygen atoms in total. The lowest BCUT2D eigenvalue weighted by Crippen LogP contribution is -2.23. The average Bonchev–Trinajstić information content (AvgIpc) is 2.21. The third-order valence-corrected chi connectivity index (χ3v) is 3.49. The summed E-state index contributed by atoms with van der Waals surface area (Å²) in [5.74, 6) is 0.210. The number of aliphatic hydroxyl groups is 1. The van der Waals surface area contributed by atoms with Crippen LogP contribution in [-0.4, -0.2) is 34.8 Å². The van der Waals surface area contributed by atoms with Crippen LogP contribution < -0.4 is 0 Å². The molecular formula is C9H16O3S. The second kappa shape index (κ2) is 7.09. The summed E-state index contributed by atoms with van der Waals surface area (Å²) in [5.41, 5.74) is 0. The molecule has 1 aliphatic heterocycles. The van der Waals surface area contributed by atoms with Gasteiger partial charge in [-0.25, -0.2) is 0 Å². The number of rotatable bonds is 2. The third-order valence-electron chi connectivity index (χ3n) is 1.90. The Morgan fingerprint density at radius 3 is 2.54 bits per heavy atom. The summed E-state index contributed by atoms with van der Waals surface area (Å²) in [6, 6.07) is 0. The Labute approximate surface area is 82.9 Å². The van der Waals surface area contributed by atoms with E-state index in [1.54, 1.807) is 6.92 Å². The van der Waals surface area contributed by atoms with Crippen molar-refractivity contribution < 1.29 is 14.7 Å². The van der Waals surface area contributed by atoms with Gasteiger partial charge in [0.1, 0.15) is 12.1 Å². The molecule has 0 aliphatic carbocycles. The first kappa shape index (κ1) is 12.7. The van der Waals surface area contributed by atoms with E-state index in [4.69, 9.17) is 5.11 Å². The van der Waals surface area contributed by atoms with E-state index in [-0.39, 0.29) is 16.3 Å². The number of carbonyl (C=O) groups excluding carboxylic acids is 2. The topological polar surface area (TPSA) is 54.4 Å². The molecule has 1 heterocycles. The van der Waals surface area contributed by atoms with Gasteiger partial charge in [-0.3, -0.25) is 4.79 Å². The molecule has 2 atom stereocenters. The average molecular weight is 204 g/mol. The van der Waals surface area contributed by atoms with E-state index >= 15 is 0 Å². The smallest absolute Gasteiger partial charge is 0.142 e. The summed E-state index contributed by atoms with van der Waals surface area (Å²) in [7, 11) is 1.00. The fourth-order valence-corrected chi connectivity index (χ4v) is 2.53. The van der Waals surface area contributed by atoms with Gasteiger partial charge in [-0.2, -0.15) is 0 Å². The molecule has 0 aromatic carbocycles. The largest absolute Gasteiger partial charge is 0.400 e. The summed E-state index contributed by atoms with van der Waals surface area (Å²) >= 11 is 1.52. The van der Waals surface area contributed by atoms with Crippen molar-refractivity contribution in [1.82, 2.24) is 0 Å². The number of aliphatic hydroxyl groups excluding tert-OH is 1. The van der Waals surface area contributed by atoms with Crippen molar-refractivity contribution in [3.8, 4) is 0 Å². The first-order chi connectivity index (χ1) is 6.24. The molecule has 0 amide bonds. The predicted octanol–water partition coefficient (Wildman–Crippen LogP) is 1.04. The molecule has 0 saturated carbocycles. The van der Waals surface area contributed by atoms with Crippen LogP contribution in [0, 0.1) is 0 Å². The molecule has 0 aromatic rings. The van der Waals surface area contributed by atoms with E-state index in [9.17, 15) is 9.59 Å². The van der Waals surface area contributed by atoms with E-state index in [0.717, 1.165) is 32.7 Å². The Balaban J connectivity index is 0.000000671. The number of Topliss-reactive ketones (excluding diaryl/α,β-unsaturated/α-hetero) is 1. The zero-order valence-corrected chi connectivity index (χ0v) is 8.84. The number of carbonyl (C=O) groups is 2. The van der Waals surface area contributed by atoms with E-state index in [0.29, 0.717) is 0 Å². The molecule has 0 bridgehead atoms. The van der Waals surface area contributed by atoms with Crippen LogP contribution >= 0.6 is 11.8 Å². The molecule has 0 aromatic heterocycles. The maximum atomic E-state index is 10.9. The number of thioether (sulfide) groups is 1. The van der Waals surface area contributed by atoms with Crippen LogP contribution in [0.3, 0.4) is 0 Å².